The molecule has 1 atom stereocenters. The summed E-state index contributed by atoms with van der Waals surface area (Å²) in [6.45, 7) is 8.02. The van der Waals surface area contributed by atoms with E-state index in [4.69, 9.17) is 0 Å². The normalized spacial score (nSPS) is 16.4. The second kappa shape index (κ2) is 3.65. The second-order valence-corrected chi connectivity index (χ2v) is 4.59. The number of hydrogen-bond acceptors (Lipinski definition) is 3. The van der Waals surface area contributed by atoms with Crippen LogP contribution in [0.15, 0.2) is 18.7 Å². The fraction of sp³-hybridized carbons (Fsp3) is 0.636. The molecule has 0 amide bonds. The summed E-state index contributed by atoms with van der Waals surface area (Å²) >= 11 is 0. The lowest BCUT2D eigenvalue weighted by atomic mass is 9.71. The number of aliphatic hydroxyl groups is 1. The van der Waals surface area contributed by atoms with Gasteiger partial charge in [0.15, 0.2) is 0 Å². The maximum absolute atomic E-state index is 10.5. The molecule has 14 heavy (non-hydrogen) atoms. The molecule has 3 nitrogen and oxygen atoms in total. The minimum atomic E-state index is -0.853. The third-order valence-electron chi connectivity index (χ3n) is 2.79. The molecule has 1 heterocycles. The van der Waals surface area contributed by atoms with Crippen LogP contribution in [0.2, 0.25) is 0 Å². The molecule has 1 unspecified atom stereocenters. The number of aromatic nitrogens is 2. The third-order valence-corrected chi connectivity index (χ3v) is 2.79. The molecule has 0 radical (unpaired) electrons. The molecule has 1 aromatic rings. The van der Waals surface area contributed by atoms with Gasteiger partial charge < -0.3 is 5.11 Å². The van der Waals surface area contributed by atoms with Gasteiger partial charge in [-0.15, -0.1) is 0 Å². The average molecular weight is 194 g/mol. The highest BCUT2D eigenvalue weighted by atomic mass is 16.3. The van der Waals surface area contributed by atoms with Gasteiger partial charge >= 0.3 is 0 Å². The highest BCUT2D eigenvalue weighted by Gasteiger charge is 2.40. The number of hydrogen-bond donors (Lipinski definition) is 1. The van der Waals surface area contributed by atoms with Gasteiger partial charge in [0.1, 0.15) is 6.33 Å². The van der Waals surface area contributed by atoms with Gasteiger partial charge in [-0.1, -0.05) is 27.7 Å². The van der Waals surface area contributed by atoms with Gasteiger partial charge in [0.25, 0.3) is 0 Å². The highest BCUT2D eigenvalue weighted by molar-refractivity contribution is 5.17. The molecular formula is C11H18N2O. The molecule has 0 saturated carbocycles. The van der Waals surface area contributed by atoms with E-state index in [0.29, 0.717) is 6.42 Å². The zero-order valence-electron chi connectivity index (χ0n) is 9.28. The van der Waals surface area contributed by atoms with Crippen molar-refractivity contribution >= 4 is 0 Å². The van der Waals surface area contributed by atoms with Crippen LogP contribution >= 0.6 is 0 Å². The van der Waals surface area contributed by atoms with Gasteiger partial charge in [-0.05, 0) is 11.8 Å². The van der Waals surface area contributed by atoms with E-state index in [1.807, 2.05) is 27.7 Å². The first-order chi connectivity index (χ1) is 6.42. The first-order valence-electron chi connectivity index (χ1n) is 4.89. The van der Waals surface area contributed by atoms with Crippen molar-refractivity contribution in [2.75, 3.05) is 0 Å². The van der Waals surface area contributed by atoms with Gasteiger partial charge in [0.05, 0.1) is 5.60 Å². The zero-order chi connectivity index (χ0) is 10.8. The number of nitrogens with zero attached hydrogens (tertiary/aromatic N) is 2. The van der Waals surface area contributed by atoms with Gasteiger partial charge in [-0.25, -0.2) is 9.97 Å². The highest BCUT2D eigenvalue weighted by Crippen LogP contribution is 2.41. The lowest BCUT2D eigenvalue weighted by Crippen LogP contribution is -2.39. The first kappa shape index (κ1) is 11.1. The van der Waals surface area contributed by atoms with E-state index in [9.17, 15) is 5.11 Å². The van der Waals surface area contributed by atoms with Gasteiger partial charge in [-0.3, -0.25) is 0 Å². The molecule has 0 spiro atoms. The number of rotatable bonds is 2. The van der Waals surface area contributed by atoms with Crippen molar-refractivity contribution in [3.8, 4) is 0 Å². The van der Waals surface area contributed by atoms with Crippen molar-refractivity contribution < 1.29 is 5.11 Å². The lowest BCUT2D eigenvalue weighted by Gasteiger charge is -2.39. The summed E-state index contributed by atoms with van der Waals surface area (Å²) < 4.78 is 0. The van der Waals surface area contributed by atoms with Crippen LogP contribution in [0.25, 0.3) is 0 Å². The Bertz CT molecular complexity index is 292. The minimum Gasteiger partial charge on any atom is -0.385 e. The maximum Gasteiger partial charge on any atom is 0.115 e. The van der Waals surface area contributed by atoms with E-state index in [0.717, 1.165) is 5.56 Å². The predicted octanol–water partition coefficient (Wildman–Crippen LogP) is 2.12. The van der Waals surface area contributed by atoms with Crippen molar-refractivity contribution in [1.29, 1.82) is 0 Å². The van der Waals surface area contributed by atoms with Crippen molar-refractivity contribution in [3.63, 3.8) is 0 Å². The second-order valence-electron chi connectivity index (χ2n) is 4.59. The van der Waals surface area contributed by atoms with Crippen molar-refractivity contribution in [2.45, 2.75) is 39.7 Å². The van der Waals surface area contributed by atoms with Gasteiger partial charge in [0, 0.05) is 18.0 Å². The summed E-state index contributed by atoms with van der Waals surface area (Å²) in [6.07, 6.45) is 5.50. The Hall–Kier alpha value is -0.960. The fourth-order valence-electron chi connectivity index (χ4n) is 1.68. The van der Waals surface area contributed by atoms with Gasteiger partial charge in [-0.2, -0.15) is 0 Å². The molecule has 0 aliphatic carbocycles. The summed E-state index contributed by atoms with van der Waals surface area (Å²) in [5.74, 6) is 0. The molecule has 0 saturated heterocycles. The topological polar surface area (TPSA) is 46.0 Å². The third kappa shape index (κ3) is 1.77. The summed E-state index contributed by atoms with van der Waals surface area (Å²) in [4.78, 5) is 7.88. The quantitative estimate of drug-likeness (QED) is 0.784. The van der Waals surface area contributed by atoms with Crippen LogP contribution in [-0.4, -0.2) is 15.1 Å². The van der Waals surface area contributed by atoms with Crippen LogP contribution < -0.4 is 0 Å². The maximum atomic E-state index is 10.5. The Labute approximate surface area is 85.2 Å². The molecule has 0 aliphatic heterocycles. The van der Waals surface area contributed by atoms with Crippen LogP contribution in [0.1, 0.15) is 39.7 Å². The smallest absolute Gasteiger partial charge is 0.115 e. The molecule has 0 aliphatic rings. The SMILES string of the molecule is CCC(O)(c1cncnc1)C(C)(C)C. The van der Waals surface area contributed by atoms with E-state index in [-0.39, 0.29) is 5.41 Å². The molecule has 1 N–H and O–H groups in total. The lowest BCUT2D eigenvalue weighted by molar-refractivity contribution is -0.0679. The Morgan fingerprint density at radius 1 is 1.21 bits per heavy atom. The van der Waals surface area contributed by atoms with Crippen LogP contribution in [0, 0.1) is 5.41 Å². The minimum absolute atomic E-state index is 0.216. The first-order valence-corrected chi connectivity index (χ1v) is 4.89. The molecule has 3 heteroatoms. The Morgan fingerprint density at radius 3 is 2.07 bits per heavy atom. The average Bonchev–Trinajstić information content (AvgIpc) is 2.16. The summed E-state index contributed by atoms with van der Waals surface area (Å²) in [7, 11) is 0. The Morgan fingerprint density at radius 2 is 1.71 bits per heavy atom. The van der Waals surface area contributed by atoms with E-state index >= 15 is 0 Å². The molecule has 0 bridgehead atoms. The largest absolute Gasteiger partial charge is 0.385 e. The van der Waals surface area contributed by atoms with E-state index in [1.54, 1.807) is 12.4 Å². The van der Waals surface area contributed by atoms with Crippen LogP contribution in [0.5, 0.6) is 0 Å². The van der Waals surface area contributed by atoms with Crippen LogP contribution in [0.4, 0.5) is 0 Å². The van der Waals surface area contributed by atoms with E-state index in [2.05, 4.69) is 9.97 Å². The molecule has 78 valence electrons. The predicted molar refractivity (Wildman–Crippen MR) is 55.7 cm³/mol. The van der Waals surface area contributed by atoms with E-state index < -0.39 is 5.60 Å². The monoisotopic (exact) mass is 194 g/mol. The molecule has 1 aromatic heterocycles. The van der Waals surface area contributed by atoms with Crippen molar-refractivity contribution in [3.05, 3.63) is 24.3 Å². The fourth-order valence-corrected chi connectivity index (χ4v) is 1.68. The summed E-state index contributed by atoms with van der Waals surface area (Å²) in [6, 6.07) is 0. The summed E-state index contributed by atoms with van der Waals surface area (Å²) in [5.41, 5.74) is -0.282. The molecule has 0 fully saturated rings. The van der Waals surface area contributed by atoms with Crippen LogP contribution in [-0.2, 0) is 5.60 Å². The Kier molecular flexibility index (Phi) is 2.90. The van der Waals surface area contributed by atoms with Crippen LogP contribution in [0.3, 0.4) is 0 Å². The van der Waals surface area contributed by atoms with Gasteiger partial charge in [0.2, 0.25) is 0 Å². The molecular weight excluding hydrogens is 176 g/mol. The molecule has 1 rings (SSSR count). The summed E-state index contributed by atoms with van der Waals surface area (Å²) in [5, 5.41) is 10.5. The van der Waals surface area contributed by atoms with Crippen molar-refractivity contribution in [1.82, 2.24) is 9.97 Å². The Balaban J connectivity index is 3.15. The standard InChI is InChI=1S/C11H18N2O/c1-5-11(14,10(2,3)4)9-6-12-8-13-7-9/h6-8,14H,5H2,1-4H3. The molecule has 0 aromatic carbocycles. The van der Waals surface area contributed by atoms with E-state index in [1.165, 1.54) is 6.33 Å². The van der Waals surface area contributed by atoms with Crippen molar-refractivity contribution in [2.24, 2.45) is 5.41 Å². The zero-order valence-corrected chi connectivity index (χ0v) is 9.28.